The third-order valence-corrected chi connectivity index (χ3v) is 8.83. The van der Waals surface area contributed by atoms with Crippen LogP contribution >= 0.6 is 33.2 Å². The second-order valence-corrected chi connectivity index (χ2v) is 20.5. The summed E-state index contributed by atoms with van der Waals surface area (Å²) in [5.41, 5.74) is 0. The van der Waals surface area contributed by atoms with Crippen LogP contribution in [0.3, 0.4) is 0 Å². The van der Waals surface area contributed by atoms with Crippen molar-refractivity contribution >= 4 is 48.0 Å². The summed E-state index contributed by atoms with van der Waals surface area (Å²) in [6.07, 6.45) is 23.6. The van der Waals surface area contributed by atoms with Crippen LogP contribution in [0.5, 0.6) is 0 Å². The van der Waals surface area contributed by atoms with Crippen molar-refractivity contribution in [2.75, 3.05) is 0 Å². The lowest BCUT2D eigenvalue weighted by molar-refractivity contribution is 0.550. The maximum Gasteiger partial charge on any atom is 0.341 e. The van der Waals surface area contributed by atoms with Crippen molar-refractivity contribution in [3.8, 4) is 0 Å². The molecule has 0 spiro atoms. The van der Waals surface area contributed by atoms with Crippen molar-refractivity contribution < 1.29 is 0 Å². The Kier molecular flexibility index (Phi) is 19.2. The predicted octanol–water partition coefficient (Wildman–Crippen LogP) is 9.15. The van der Waals surface area contributed by atoms with E-state index in [4.69, 9.17) is 33.2 Å². The molecule has 5 heteroatoms. The molecule has 0 saturated heterocycles. The molecule has 0 aliphatic carbocycles. The van der Waals surface area contributed by atoms with Gasteiger partial charge in [0, 0.05) is 8.80 Å². The molecule has 0 N–H and O–H groups in total. The van der Waals surface area contributed by atoms with E-state index in [9.17, 15) is 0 Å². The van der Waals surface area contributed by atoms with E-state index in [1.54, 1.807) is 0 Å². The van der Waals surface area contributed by atoms with E-state index < -0.39 is 6.00 Å². The standard InChI is InChI=1S/C20H41Cl3Si2/c1-24(2)19-17-15-13-11-9-7-5-3-4-6-8-10-12-14-16-18-20-25(21,22)23/h11,13,24H,3-10,12,14-20H2,1-2H3. The van der Waals surface area contributed by atoms with Gasteiger partial charge in [-0.05, 0) is 25.3 Å². The van der Waals surface area contributed by atoms with Gasteiger partial charge in [0.25, 0.3) is 0 Å². The van der Waals surface area contributed by atoms with Crippen molar-refractivity contribution in [1.82, 2.24) is 0 Å². The van der Waals surface area contributed by atoms with E-state index in [1.165, 1.54) is 89.5 Å². The molecule has 0 radical (unpaired) electrons. The molecule has 0 unspecified atom stereocenters. The quantitative estimate of drug-likeness (QED) is 0.0856. The normalized spacial score (nSPS) is 12.6. The van der Waals surface area contributed by atoms with Crippen molar-refractivity contribution in [1.29, 1.82) is 0 Å². The van der Waals surface area contributed by atoms with Gasteiger partial charge < -0.3 is 0 Å². The van der Waals surface area contributed by atoms with Gasteiger partial charge in [0.2, 0.25) is 0 Å². The fraction of sp³-hybridized carbons (Fsp3) is 0.900. The molecule has 0 fully saturated rings. The molecular weight excluding hydrogens is 403 g/mol. The number of unbranched alkanes of at least 4 members (excludes halogenated alkanes) is 12. The van der Waals surface area contributed by atoms with Crippen molar-refractivity contribution in [3.05, 3.63) is 12.2 Å². The number of allylic oxidation sites excluding steroid dienone is 2. The topological polar surface area (TPSA) is 0 Å². The Balaban J connectivity index is 3.11. The van der Waals surface area contributed by atoms with E-state index in [1.807, 2.05) is 0 Å². The highest BCUT2D eigenvalue weighted by molar-refractivity contribution is 7.64. The summed E-state index contributed by atoms with van der Waals surface area (Å²) in [5.74, 6) is 0. The van der Waals surface area contributed by atoms with Gasteiger partial charge in [-0.25, -0.2) is 0 Å². The van der Waals surface area contributed by atoms with Crippen LogP contribution < -0.4 is 0 Å². The van der Waals surface area contributed by atoms with Gasteiger partial charge in [0.05, 0.1) is 0 Å². The zero-order chi connectivity index (χ0) is 18.8. The van der Waals surface area contributed by atoms with Crippen LogP contribution in [0.15, 0.2) is 12.2 Å². The minimum atomic E-state index is -2.36. The molecule has 0 saturated carbocycles. The molecule has 0 aromatic rings. The summed E-state index contributed by atoms with van der Waals surface area (Å²) in [6, 6.07) is -0.0300. The monoisotopic (exact) mass is 442 g/mol. The molecular formula is C20H41Cl3Si2. The number of hydrogen-bond acceptors (Lipinski definition) is 0. The molecule has 0 bridgehead atoms. The fourth-order valence-corrected chi connectivity index (χ4v) is 5.96. The molecule has 0 aromatic heterocycles. The summed E-state index contributed by atoms with van der Waals surface area (Å²) in [5, 5.41) is 0. The Bertz CT molecular complexity index is 302. The molecule has 0 amide bonds. The molecule has 0 nitrogen and oxygen atoms in total. The van der Waals surface area contributed by atoms with E-state index >= 15 is 0 Å². The molecule has 0 rings (SSSR count). The first-order chi connectivity index (χ1) is 11.9. The van der Waals surface area contributed by atoms with Gasteiger partial charge in [-0.1, -0.05) is 102 Å². The highest BCUT2D eigenvalue weighted by Crippen LogP contribution is 2.27. The molecule has 0 atom stereocenters. The number of halogens is 3. The maximum absolute atomic E-state index is 5.88. The third-order valence-electron chi connectivity index (χ3n) is 4.65. The third kappa shape index (κ3) is 25.0. The van der Waals surface area contributed by atoms with Gasteiger partial charge in [-0.15, -0.1) is 33.2 Å². The lowest BCUT2D eigenvalue weighted by Gasteiger charge is -2.06. The van der Waals surface area contributed by atoms with Crippen LogP contribution in [0.25, 0.3) is 0 Å². The van der Waals surface area contributed by atoms with E-state index in [2.05, 4.69) is 25.2 Å². The van der Waals surface area contributed by atoms with Crippen LogP contribution in [0.4, 0.5) is 0 Å². The average molecular weight is 444 g/mol. The summed E-state index contributed by atoms with van der Waals surface area (Å²) in [6.45, 7) is 4.89. The second-order valence-electron chi connectivity index (χ2n) is 7.84. The van der Waals surface area contributed by atoms with Crippen LogP contribution in [0.1, 0.15) is 89.9 Å². The average Bonchev–Trinajstić information content (AvgIpc) is 2.52. The van der Waals surface area contributed by atoms with E-state index in [0.717, 1.165) is 12.5 Å². The van der Waals surface area contributed by atoms with Gasteiger partial charge in [0.1, 0.15) is 0 Å². The Morgan fingerprint density at radius 3 is 1.44 bits per heavy atom. The highest BCUT2D eigenvalue weighted by atomic mass is 35.8. The Labute approximate surface area is 174 Å². The first-order valence-corrected chi connectivity index (χ1v) is 19.0. The SMILES string of the molecule is C[SiH](C)CCCC=CCCCCCCCCCCCCC[Si](Cl)(Cl)Cl. The smallest absolute Gasteiger partial charge is 0.126 e. The summed E-state index contributed by atoms with van der Waals surface area (Å²) < 4.78 is 0. The van der Waals surface area contributed by atoms with Crippen molar-refractivity contribution in [2.24, 2.45) is 0 Å². The molecule has 0 heterocycles. The fourth-order valence-electron chi connectivity index (χ4n) is 3.06. The minimum absolute atomic E-state index is 0.318. The van der Waals surface area contributed by atoms with Crippen LogP contribution in [-0.4, -0.2) is 14.8 Å². The number of hydrogen-bond donors (Lipinski definition) is 0. The zero-order valence-electron chi connectivity index (χ0n) is 16.7. The summed E-state index contributed by atoms with van der Waals surface area (Å²) in [4.78, 5) is 0. The lowest BCUT2D eigenvalue weighted by atomic mass is 10.1. The zero-order valence-corrected chi connectivity index (χ0v) is 21.1. The Morgan fingerprint density at radius 1 is 0.600 bits per heavy atom. The van der Waals surface area contributed by atoms with Crippen molar-refractivity contribution in [2.45, 2.75) is 115 Å². The first kappa shape index (κ1) is 26.0. The Hall–Kier alpha value is 1.04. The predicted molar refractivity (Wildman–Crippen MR) is 126 cm³/mol. The largest absolute Gasteiger partial charge is 0.341 e. The van der Waals surface area contributed by atoms with Crippen LogP contribution in [-0.2, 0) is 0 Å². The van der Waals surface area contributed by atoms with Gasteiger partial charge in [0.15, 0.2) is 0 Å². The Morgan fingerprint density at radius 2 is 1.00 bits per heavy atom. The second kappa shape index (κ2) is 18.4. The molecule has 0 aliphatic rings. The summed E-state index contributed by atoms with van der Waals surface area (Å²) >= 11 is 17.6. The van der Waals surface area contributed by atoms with Crippen molar-refractivity contribution in [3.63, 3.8) is 0 Å². The van der Waals surface area contributed by atoms with E-state index in [-0.39, 0.29) is 8.80 Å². The number of rotatable bonds is 18. The van der Waals surface area contributed by atoms with Gasteiger partial charge in [-0.3, -0.25) is 0 Å². The minimum Gasteiger partial charge on any atom is -0.126 e. The van der Waals surface area contributed by atoms with Gasteiger partial charge in [-0.2, -0.15) is 0 Å². The van der Waals surface area contributed by atoms with Crippen LogP contribution in [0, 0.1) is 0 Å². The molecule has 0 aromatic carbocycles. The highest BCUT2D eigenvalue weighted by Gasteiger charge is 2.23. The summed E-state index contributed by atoms with van der Waals surface area (Å²) in [7, 11) is -0.318. The van der Waals surface area contributed by atoms with Crippen LogP contribution in [0.2, 0.25) is 25.2 Å². The molecule has 25 heavy (non-hydrogen) atoms. The molecule has 150 valence electrons. The lowest BCUT2D eigenvalue weighted by Crippen LogP contribution is -2.07. The maximum atomic E-state index is 5.88. The molecule has 0 aliphatic heterocycles. The first-order valence-electron chi connectivity index (χ1n) is 10.6. The van der Waals surface area contributed by atoms with Gasteiger partial charge >= 0.3 is 6.00 Å². The van der Waals surface area contributed by atoms with E-state index in [0.29, 0.717) is 0 Å².